The van der Waals surface area contributed by atoms with Gasteiger partial charge < -0.3 is 10.6 Å². The number of aromatic nitrogens is 1. The third-order valence-corrected chi connectivity index (χ3v) is 5.65. The summed E-state index contributed by atoms with van der Waals surface area (Å²) < 4.78 is 13.3. The number of hydrogen-bond acceptors (Lipinski definition) is 5. The first kappa shape index (κ1) is 16.2. The molecule has 2 aliphatic heterocycles. The first-order valence-corrected chi connectivity index (χ1v) is 9.08. The topological polar surface area (TPSA) is 66.4 Å². The van der Waals surface area contributed by atoms with E-state index in [1.54, 1.807) is 18.2 Å². The average molecular weight is 356 g/mol. The fourth-order valence-electron chi connectivity index (χ4n) is 3.28. The molecule has 3 heterocycles. The second kappa shape index (κ2) is 6.57. The van der Waals surface area contributed by atoms with Crippen LogP contribution in [-0.2, 0) is 5.54 Å². The predicted molar refractivity (Wildman–Crippen MR) is 96.0 cm³/mol. The Labute approximate surface area is 149 Å². The van der Waals surface area contributed by atoms with Crippen molar-refractivity contribution in [2.24, 2.45) is 10.9 Å². The normalized spacial score (nSPS) is 25.2. The zero-order valence-electron chi connectivity index (χ0n) is 13.4. The van der Waals surface area contributed by atoms with Crippen molar-refractivity contribution in [1.82, 2.24) is 15.6 Å². The third kappa shape index (κ3) is 3.05. The summed E-state index contributed by atoms with van der Waals surface area (Å²) in [5.41, 5.74) is 0.764. The van der Waals surface area contributed by atoms with Crippen LogP contribution >= 0.6 is 11.8 Å². The molecule has 0 radical (unpaired) electrons. The van der Waals surface area contributed by atoms with E-state index in [1.165, 1.54) is 24.0 Å². The Morgan fingerprint density at radius 2 is 2.12 bits per heavy atom. The number of carbonyl (C=O) groups excluding carboxylic acids is 1. The zero-order chi connectivity index (χ0) is 17.3. The van der Waals surface area contributed by atoms with Crippen LogP contribution in [0.1, 0.15) is 16.1 Å². The molecular weight excluding hydrogens is 339 g/mol. The van der Waals surface area contributed by atoms with Crippen LogP contribution in [0, 0.1) is 11.7 Å². The van der Waals surface area contributed by atoms with Crippen LogP contribution < -0.4 is 10.6 Å². The lowest BCUT2D eigenvalue weighted by molar-refractivity contribution is 0.0977. The zero-order valence-corrected chi connectivity index (χ0v) is 14.2. The summed E-state index contributed by atoms with van der Waals surface area (Å²) in [7, 11) is 0. The second-order valence-corrected chi connectivity index (χ2v) is 7.17. The van der Waals surface area contributed by atoms with Crippen LogP contribution in [0.25, 0.3) is 0 Å². The summed E-state index contributed by atoms with van der Waals surface area (Å²) >= 11 is 1.54. The average Bonchev–Trinajstić information content (AvgIpc) is 3.07. The van der Waals surface area contributed by atoms with Gasteiger partial charge >= 0.3 is 0 Å². The van der Waals surface area contributed by atoms with Gasteiger partial charge in [0.2, 0.25) is 0 Å². The second-order valence-electron chi connectivity index (χ2n) is 6.16. The third-order valence-electron chi connectivity index (χ3n) is 4.61. The van der Waals surface area contributed by atoms with Crippen molar-refractivity contribution in [1.29, 1.82) is 0 Å². The lowest BCUT2D eigenvalue weighted by Crippen LogP contribution is -2.43. The quantitative estimate of drug-likeness (QED) is 0.866. The lowest BCUT2D eigenvalue weighted by atomic mass is 9.85. The van der Waals surface area contributed by atoms with Crippen molar-refractivity contribution in [2.75, 3.05) is 18.8 Å². The molecule has 1 unspecified atom stereocenters. The van der Waals surface area contributed by atoms with Gasteiger partial charge in [0.25, 0.3) is 5.91 Å². The van der Waals surface area contributed by atoms with E-state index in [4.69, 9.17) is 4.99 Å². The molecule has 0 spiro atoms. The van der Waals surface area contributed by atoms with Crippen molar-refractivity contribution in [3.05, 3.63) is 65.7 Å². The van der Waals surface area contributed by atoms with E-state index >= 15 is 0 Å². The van der Waals surface area contributed by atoms with Crippen molar-refractivity contribution >= 4 is 22.8 Å². The molecule has 1 fully saturated rings. The molecule has 1 amide bonds. The summed E-state index contributed by atoms with van der Waals surface area (Å²) in [6.45, 7) is 1.46. The molecule has 2 aromatic rings. The molecule has 0 saturated carbocycles. The monoisotopic (exact) mass is 356 g/mol. The van der Waals surface area contributed by atoms with Crippen LogP contribution in [-0.4, -0.2) is 34.9 Å². The summed E-state index contributed by atoms with van der Waals surface area (Å²) in [5.74, 6) is 0.528. The van der Waals surface area contributed by atoms with E-state index in [-0.39, 0.29) is 17.6 Å². The standard InChI is InChI=1S/C18H17FN4OS/c19-14-6-7-15(21-9-14)18-11-20-8-13(18)10-25-17(23-18)22-16(24)12-4-2-1-3-5-12/h1-7,9,13,20H,8,10-11H2,(H,22,23,24)/t13-,18?/m0/s1. The molecule has 25 heavy (non-hydrogen) atoms. The summed E-state index contributed by atoms with van der Waals surface area (Å²) in [6.07, 6.45) is 1.22. The van der Waals surface area contributed by atoms with Crippen LogP contribution in [0.2, 0.25) is 0 Å². The van der Waals surface area contributed by atoms with Crippen molar-refractivity contribution in [3.8, 4) is 0 Å². The van der Waals surface area contributed by atoms with Gasteiger partial charge in [0.05, 0.1) is 11.9 Å². The maximum Gasteiger partial charge on any atom is 0.257 e. The fraction of sp³-hybridized carbons (Fsp3) is 0.278. The maximum atomic E-state index is 13.3. The number of halogens is 1. The van der Waals surface area contributed by atoms with Crippen LogP contribution in [0.15, 0.2) is 53.7 Å². The highest BCUT2D eigenvalue weighted by atomic mass is 32.2. The van der Waals surface area contributed by atoms with Gasteiger partial charge in [0.15, 0.2) is 5.17 Å². The van der Waals surface area contributed by atoms with Crippen molar-refractivity contribution < 1.29 is 9.18 Å². The van der Waals surface area contributed by atoms with Gasteiger partial charge in [0, 0.05) is 30.3 Å². The largest absolute Gasteiger partial charge is 0.313 e. The van der Waals surface area contributed by atoms with Gasteiger partial charge in [-0.05, 0) is 24.3 Å². The molecule has 1 saturated heterocycles. The number of aliphatic imine (C=N–C) groups is 1. The maximum absolute atomic E-state index is 13.3. The number of fused-ring (bicyclic) bond motifs is 1. The Kier molecular flexibility index (Phi) is 4.27. The number of hydrogen-bond donors (Lipinski definition) is 2. The number of pyridine rings is 1. The number of amides is 1. The van der Waals surface area contributed by atoms with Crippen molar-refractivity contribution in [2.45, 2.75) is 5.54 Å². The molecular formula is C18H17FN4OS. The van der Waals surface area contributed by atoms with E-state index in [0.29, 0.717) is 17.3 Å². The number of carbonyl (C=O) groups is 1. The van der Waals surface area contributed by atoms with Crippen LogP contribution in [0.4, 0.5) is 4.39 Å². The molecule has 2 N–H and O–H groups in total. The van der Waals surface area contributed by atoms with Crippen LogP contribution in [0.5, 0.6) is 0 Å². The Morgan fingerprint density at radius 1 is 1.28 bits per heavy atom. The number of amidine groups is 1. The predicted octanol–water partition coefficient (Wildman–Crippen LogP) is 2.17. The Hall–Kier alpha value is -2.25. The number of nitrogens with one attached hydrogen (secondary N) is 2. The SMILES string of the molecule is O=C(NC1=NC2(c3ccc(F)cn3)CNC[C@H]2CS1)c1ccccc1. The number of thioether (sulfide) groups is 1. The minimum absolute atomic E-state index is 0.182. The Morgan fingerprint density at radius 3 is 2.88 bits per heavy atom. The van der Waals surface area contributed by atoms with Gasteiger partial charge in [-0.1, -0.05) is 30.0 Å². The molecule has 0 aliphatic carbocycles. The van der Waals surface area contributed by atoms with Gasteiger partial charge in [-0.2, -0.15) is 0 Å². The summed E-state index contributed by atoms with van der Waals surface area (Å²) in [4.78, 5) is 21.5. The molecule has 5 nitrogen and oxygen atoms in total. The van der Waals surface area contributed by atoms with E-state index in [9.17, 15) is 9.18 Å². The van der Waals surface area contributed by atoms with E-state index in [0.717, 1.165) is 18.0 Å². The van der Waals surface area contributed by atoms with E-state index in [1.807, 2.05) is 18.2 Å². The van der Waals surface area contributed by atoms with Gasteiger partial charge in [0.1, 0.15) is 11.4 Å². The molecule has 7 heteroatoms. The lowest BCUT2D eigenvalue weighted by Gasteiger charge is -2.34. The number of rotatable bonds is 2. The molecule has 4 rings (SSSR count). The first-order chi connectivity index (χ1) is 12.2. The molecule has 0 bridgehead atoms. The molecule has 2 atom stereocenters. The minimum atomic E-state index is -0.557. The molecule has 1 aromatic heterocycles. The first-order valence-electron chi connectivity index (χ1n) is 8.09. The van der Waals surface area contributed by atoms with E-state index < -0.39 is 5.54 Å². The van der Waals surface area contributed by atoms with Gasteiger partial charge in [-0.15, -0.1) is 0 Å². The van der Waals surface area contributed by atoms with E-state index in [2.05, 4.69) is 15.6 Å². The fourth-order valence-corrected chi connectivity index (χ4v) is 4.43. The van der Waals surface area contributed by atoms with Crippen LogP contribution in [0.3, 0.4) is 0 Å². The summed E-state index contributed by atoms with van der Waals surface area (Å²) in [5, 5.41) is 6.84. The van der Waals surface area contributed by atoms with Gasteiger partial charge in [-0.25, -0.2) is 9.38 Å². The number of nitrogens with zero attached hydrogens (tertiary/aromatic N) is 2. The smallest absolute Gasteiger partial charge is 0.257 e. The molecule has 1 aromatic carbocycles. The van der Waals surface area contributed by atoms with Gasteiger partial charge in [-0.3, -0.25) is 9.78 Å². The molecule has 128 valence electrons. The highest BCUT2D eigenvalue weighted by Gasteiger charge is 2.48. The molecule has 2 aliphatic rings. The minimum Gasteiger partial charge on any atom is -0.313 e. The van der Waals surface area contributed by atoms with Crippen molar-refractivity contribution in [3.63, 3.8) is 0 Å². The Bertz CT molecular complexity index is 812. The number of benzene rings is 1. The Balaban J connectivity index is 1.64. The highest BCUT2D eigenvalue weighted by molar-refractivity contribution is 8.13. The highest BCUT2D eigenvalue weighted by Crippen LogP contribution is 2.41. The summed E-state index contributed by atoms with van der Waals surface area (Å²) in [6, 6.07) is 12.1.